The monoisotopic (exact) mass is 351 g/mol. The van der Waals surface area contributed by atoms with E-state index in [9.17, 15) is 9.59 Å². The van der Waals surface area contributed by atoms with Gasteiger partial charge in [-0.3, -0.25) is 4.90 Å². The van der Waals surface area contributed by atoms with Gasteiger partial charge in [-0.2, -0.15) is 0 Å². The van der Waals surface area contributed by atoms with Crippen LogP contribution in [0.1, 0.15) is 19.4 Å². The van der Waals surface area contributed by atoms with Crippen LogP contribution in [-0.2, 0) is 16.1 Å². The molecule has 2 rings (SSSR count). The lowest BCUT2D eigenvalue weighted by Gasteiger charge is -2.29. The van der Waals surface area contributed by atoms with E-state index in [1.165, 1.54) is 0 Å². The van der Waals surface area contributed by atoms with Crippen molar-refractivity contribution in [3.63, 3.8) is 0 Å². The Kier molecular flexibility index (Phi) is 6.23. The molecule has 2 amide bonds. The van der Waals surface area contributed by atoms with E-state index in [2.05, 4.69) is 10.6 Å². The largest absolute Gasteiger partial charge is 0.463 e. The Morgan fingerprint density at radius 3 is 2.58 bits per heavy atom. The first kappa shape index (κ1) is 18.3. The molecule has 0 radical (unpaired) electrons. The maximum atomic E-state index is 12.2. The number of halogens is 1. The Balaban J connectivity index is 2.15. The second-order valence-corrected chi connectivity index (χ2v) is 6.17. The average Bonchev–Trinajstić information content (AvgIpc) is 2.49. The van der Waals surface area contributed by atoms with E-state index in [0.717, 1.165) is 5.56 Å². The van der Waals surface area contributed by atoms with Crippen molar-refractivity contribution < 1.29 is 14.3 Å². The second kappa shape index (κ2) is 8.17. The van der Waals surface area contributed by atoms with Crippen LogP contribution < -0.4 is 10.6 Å². The third-order valence-corrected chi connectivity index (χ3v) is 3.91. The van der Waals surface area contributed by atoms with Crippen molar-refractivity contribution in [3.8, 4) is 0 Å². The van der Waals surface area contributed by atoms with Gasteiger partial charge in [0, 0.05) is 23.8 Å². The van der Waals surface area contributed by atoms with Crippen molar-refractivity contribution >= 4 is 23.6 Å². The standard InChI is InChI=1S/C17H22ClN3O3/c1-4-24-16(22)15-11(2)19-17(23)20-14(15)10-21(3)9-12-5-7-13(18)8-6-12/h5-8,11H,4,9-10H2,1-3H3,(H2,19,20,23)/t11-/m1/s1. The van der Waals surface area contributed by atoms with E-state index in [4.69, 9.17) is 16.3 Å². The molecule has 1 heterocycles. The summed E-state index contributed by atoms with van der Waals surface area (Å²) in [6.07, 6.45) is 0. The molecule has 6 nitrogen and oxygen atoms in total. The van der Waals surface area contributed by atoms with Crippen LogP contribution in [-0.4, -0.2) is 43.1 Å². The molecule has 1 aromatic rings. The summed E-state index contributed by atoms with van der Waals surface area (Å²) in [4.78, 5) is 26.0. The molecular formula is C17H22ClN3O3. The van der Waals surface area contributed by atoms with Gasteiger partial charge in [-0.05, 0) is 38.6 Å². The summed E-state index contributed by atoms with van der Waals surface area (Å²) in [7, 11) is 1.92. The fourth-order valence-electron chi connectivity index (χ4n) is 2.63. The highest BCUT2D eigenvalue weighted by Crippen LogP contribution is 2.16. The zero-order chi connectivity index (χ0) is 17.7. The van der Waals surface area contributed by atoms with E-state index in [0.29, 0.717) is 29.4 Å². The van der Waals surface area contributed by atoms with Crippen molar-refractivity contribution in [3.05, 3.63) is 46.1 Å². The number of ether oxygens (including phenoxy) is 1. The van der Waals surface area contributed by atoms with E-state index >= 15 is 0 Å². The summed E-state index contributed by atoms with van der Waals surface area (Å²) in [5.41, 5.74) is 2.12. The highest BCUT2D eigenvalue weighted by atomic mass is 35.5. The summed E-state index contributed by atoms with van der Waals surface area (Å²) in [6.45, 7) is 4.90. The number of carbonyl (C=O) groups excluding carboxylic acids is 2. The zero-order valence-corrected chi connectivity index (χ0v) is 14.8. The van der Waals surface area contributed by atoms with E-state index in [-0.39, 0.29) is 12.6 Å². The van der Waals surface area contributed by atoms with Crippen LogP contribution in [0.2, 0.25) is 5.02 Å². The van der Waals surface area contributed by atoms with Gasteiger partial charge in [0.2, 0.25) is 0 Å². The third kappa shape index (κ3) is 4.72. The van der Waals surface area contributed by atoms with Crippen LogP contribution in [0.25, 0.3) is 0 Å². The summed E-state index contributed by atoms with van der Waals surface area (Å²) < 4.78 is 5.11. The number of rotatable bonds is 6. The first-order valence-corrected chi connectivity index (χ1v) is 8.19. The molecule has 24 heavy (non-hydrogen) atoms. The third-order valence-electron chi connectivity index (χ3n) is 3.66. The fourth-order valence-corrected chi connectivity index (χ4v) is 2.76. The molecule has 0 saturated heterocycles. The Labute approximate surface area is 146 Å². The van der Waals surface area contributed by atoms with Gasteiger partial charge in [-0.25, -0.2) is 9.59 Å². The number of hydrogen-bond acceptors (Lipinski definition) is 4. The number of hydrogen-bond donors (Lipinski definition) is 2. The van der Waals surface area contributed by atoms with Crippen LogP contribution in [0.3, 0.4) is 0 Å². The lowest BCUT2D eigenvalue weighted by Crippen LogP contribution is -2.51. The van der Waals surface area contributed by atoms with Gasteiger partial charge >= 0.3 is 12.0 Å². The molecule has 1 atom stereocenters. The number of esters is 1. The van der Waals surface area contributed by atoms with Crippen molar-refractivity contribution in [1.82, 2.24) is 15.5 Å². The highest BCUT2D eigenvalue weighted by molar-refractivity contribution is 6.30. The van der Waals surface area contributed by atoms with Gasteiger partial charge in [-0.1, -0.05) is 23.7 Å². The number of nitrogens with zero attached hydrogens (tertiary/aromatic N) is 1. The number of benzene rings is 1. The van der Waals surface area contributed by atoms with Gasteiger partial charge in [0.25, 0.3) is 0 Å². The van der Waals surface area contributed by atoms with Crippen molar-refractivity contribution in [2.75, 3.05) is 20.2 Å². The number of nitrogens with one attached hydrogen (secondary N) is 2. The van der Waals surface area contributed by atoms with Crippen molar-refractivity contribution in [2.45, 2.75) is 26.4 Å². The SMILES string of the molecule is CCOC(=O)C1=C(CN(C)Cc2ccc(Cl)cc2)NC(=O)N[C@@H]1C. The molecule has 0 aromatic heterocycles. The van der Waals surface area contributed by atoms with Crippen LogP contribution in [0.5, 0.6) is 0 Å². The Morgan fingerprint density at radius 2 is 1.96 bits per heavy atom. The molecule has 130 valence electrons. The van der Waals surface area contributed by atoms with E-state index in [1.54, 1.807) is 13.8 Å². The number of likely N-dealkylation sites (N-methyl/N-ethyl adjacent to an activating group) is 1. The molecule has 1 aromatic carbocycles. The predicted octanol–water partition coefficient (Wildman–Crippen LogP) is 2.29. The van der Waals surface area contributed by atoms with Gasteiger partial charge in [-0.15, -0.1) is 0 Å². The minimum atomic E-state index is -0.410. The minimum Gasteiger partial charge on any atom is -0.463 e. The van der Waals surface area contributed by atoms with Crippen LogP contribution in [0.4, 0.5) is 4.79 Å². The summed E-state index contributed by atoms with van der Waals surface area (Å²) in [5, 5.41) is 6.10. The summed E-state index contributed by atoms with van der Waals surface area (Å²) in [6, 6.07) is 6.86. The van der Waals surface area contributed by atoms with Crippen molar-refractivity contribution in [2.24, 2.45) is 0 Å². The Bertz CT molecular complexity index is 643. The predicted molar refractivity (Wildman–Crippen MR) is 92.6 cm³/mol. The van der Waals surface area contributed by atoms with Gasteiger partial charge in [0.1, 0.15) is 0 Å². The average molecular weight is 352 g/mol. The van der Waals surface area contributed by atoms with Crippen LogP contribution >= 0.6 is 11.6 Å². The second-order valence-electron chi connectivity index (χ2n) is 5.73. The van der Waals surface area contributed by atoms with E-state index in [1.807, 2.05) is 36.2 Å². The molecule has 0 fully saturated rings. The summed E-state index contributed by atoms with van der Waals surface area (Å²) in [5.74, 6) is -0.410. The van der Waals surface area contributed by atoms with Gasteiger partial charge < -0.3 is 15.4 Å². The smallest absolute Gasteiger partial charge is 0.337 e. The number of amides is 2. The van der Waals surface area contributed by atoms with Gasteiger partial charge in [0.15, 0.2) is 0 Å². The molecule has 1 aliphatic heterocycles. The maximum Gasteiger partial charge on any atom is 0.337 e. The van der Waals surface area contributed by atoms with Crippen molar-refractivity contribution in [1.29, 1.82) is 0 Å². The topological polar surface area (TPSA) is 70.7 Å². The Morgan fingerprint density at radius 1 is 1.29 bits per heavy atom. The van der Waals surface area contributed by atoms with E-state index < -0.39 is 12.0 Å². The first-order valence-electron chi connectivity index (χ1n) is 7.81. The molecule has 2 N–H and O–H groups in total. The molecular weight excluding hydrogens is 330 g/mol. The maximum absolute atomic E-state index is 12.2. The quantitative estimate of drug-likeness (QED) is 0.771. The molecule has 0 aliphatic carbocycles. The number of urea groups is 1. The molecule has 0 saturated carbocycles. The molecule has 7 heteroatoms. The van der Waals surface area contributed by atoms with Crippen LogP contribution in [0.15, 0.2) is 35.5 Å². The normalized spacial score (nSPS) is 17.5. The molecule has 1 aliphatic rings. The fraction of sp³-hybridized carbons (Fsp3) is 0.412. The van der Waals surface area contributed by atoms with Crippen LogP contribution in [0, 0.1) is 0 Å². The molecule has 0 bridgehead atoms. The lowest BCUT2D eigenvalue weighted by molar-refractivity contribution is -0.139. The first-order chi connectivity index (χ1) is 11.4. The van der Waals surface area contributed by atoms with Gasteiger partial charge in [0.05, 0.1) is 18.2 Å². The molecule has 0 unspecified atom stereocenters. The Hall–Kier alpha value is -2.05. The molecule has 0 spiro atoms. The minimum absolute atomic E-state index is 0.289. The lowest BCUT2D eigenvalue weighted by atomic mass is 10.0. The number of carbonyl (C=O) groups is 2. The zero-order valence-electron chi connectivity index (χ0n) is 14.1. The summed E-state index contributed by atoms with van der Waals surface area (Å²) >= 11 is 5.89. The highest BCUT2D eigenvalue weighted by Gasteiger charge is 2.30.